The normalized spacial score (nSPS) is 24.4. The lowest BCUT2D eigenvalue weighted by Crippen LogP contribution is -2.49. The minimum atomic E-state index is -0.950. The van der Waals surface area contributed by atoms with E-state index >= 15 is 0 Å². The van der Waals surface area contributed by atoms with Gasteiger partial charge < -0.3 is 24.7 Å². The Labute approximate surface area is 179 Å². The van der Waals surface area contributed by atoms with Gasteiger partial charge in [-0.2, -0.15) is 0 Å². The Morgan fingerprint density at radius 3 is 2.73 bits per heavy atom. The molecule has 0 saturated heterocycles. The van der Waals surface area contributed by atoms with E-state index in [2.05, 4.69) is 16.8 Å². The number of aliphatic hydroxyl groups excluding tert-OH is 1. The average Bonchev–Trinajstić information content (AvgIpc) is 3.15. The van der Waals surface area contributed by atoms with Crippen LogP contribution in [0.25, 0.3) is 0 Å². The average molecular weight is 416 g/mol. The molecule has 1 aliphatic carbocycles. The van der Waals surface area contributed by atoms with E-state index in [-0.39, 0.29) is 30.6 Å². The lowest BCUT2D eigenvalue weighted by Gasteiger charge is -2.37. The first-order valence-corrected chi connectivity index (χ1v) is 10.7. The number of carbonyl (C=O) groups is 1. The molecule has 1 aromatic rings. The van der Waals surface area contributed by atoms with Gasteiger partial charge in [0.1, 0.15) is 17.3 Å². The van der Waals surface area contributed by atoms with Gasteiger partial charge in [-0.25, -0.2) is 4.98 Å². The van der Waals surface area contributed by atoms with Gasteiger partial charge in [0.25, 0.3) is 5.91 Å². The Balaban J connectivity index is 1.98. The monoisotopic (exact) mass is 415 g/mol. The number of hydrogen-bond donors (Lipinski definition) is 2. The summed E-state index contributed by atoms with van der Waals surface area (Å²) in [6.07, 6.45) is 4.73. The maximum atomic E-state index is 13.3. The van der Waals surface area contributed by atoms with Gasteiger partial charge in [-0.15, -0.1) is 0 Å². The molecule has 164 valence electrons. The number of rotatable bonds is 4. The molecule has 0 radical (unpaired) electrons. The minimum absolute atomic E-state index is 0.0661. The second kappa shape index (κ2) is 9.34. The molecule has 2 N–H and O–H groups in total. The van der Waals surface area contributed by atoms with Crippen LogP contribution in [0.1, 0.15) is 55.5 Å². The standard InChI is InChI=1S/C23H33N3O4/c1-16-13-26(17(2)15-27)22(28)19-11-18(7-10-23(29)8-5-6-9-23)12-24-21(19)30-20(16)14-25(3)4/h11-12,16-17,20,27,29H,5-6,8-9,13-15H2,1-4H3/t16-,17+,20+/m0/s1. The van der Waals surface area contributed by atoms with Crippen LogP contribution in [0.15, 0.2) is 12.3 Å². The molecule has 1 fully saturated rings. The highest BCUT2D eigenvalue weighted by atomic mass is 16.5. The van der Waals surface area contributed by atoms with Crippen molar-refractivity contribution < 1.29 is 19.7 Å². The van der Waals surface area contributed by atoms with E-state index in [1.165, 1.54) is 0 Å². The zero-order valence-corrected chi connectivity index (χ0v) is 18.4. The number of fused-ring (bicyclic) bond motifs is 1. The second-order valence-electron chi connectivity index (χ2n) is 8.95. The summed E-state index contributed by atoms with van der Waals surface area (Å²) in [6, 6.07) is 1.37. The molecule has 30 heavy (non-hydrogen) atoms. The van der Waals surface area contributed by atoms with Crippen LogP contribution in [0.4, 0.5) is 0 Å². The molecule has 3 atom stereocenters. The molecular formula is C23H33N3O4. The molecule has 0 unspecified atom stereocenters. The molecule has 0 bridgehead atoms. The zero-order chi connectivity index (χ0) is 21.9. The largest absolute Gasteiger partial charge is 0.472 e. The van der Waals surface area contributed by atoms with Crippen LogP contribution in [0.3, 0.4) is 0 Å². The first kappa shape index (κ1) is 22.5. The maximum absolute atomic E-state index is 13.3. The van der Waals surface area contributed by atoms with E-state index < -0.39 is 5.60 Å². The molecule has 0 spiro atoms. The van der Waals surface area contributed by atoms with Gasteiger partial charge >= 0.3 is 0 Å². The van der Waals surface area contributed by atoms with E-state index in [1.54, 1.807) is 17.2 Å². The topological polar surface area (TPSA) is 86.1 Å². The van der Waals surface area contributed by atoms with Gasteiger partial charge in [0.05, 0.1) is 12.6 Å². The Morgan fingerprint density at radius 2 is 2.10 bits per heavy atom. The van der Waals surface area contributed by atoms with Crippen LogP contribution in [0.5, 0.6) is 5.88 Å². The highest BCUT2D eigenvalue weighted by Crippen LogP contribution is 2.29. The number of hydrogen-bond acceptors (Lipinski definition) is 6. The maximum Gasteiger partial charge on any atom is 0.259 e. The predicted octanol–water partition coefficient (Wildman–Crippen LogP) is 1.52. The molecule has 0 aromatic carbocycles. The molecule has 1 aliphatic heterocycles. The van der Waals surface area contributed by atoms with Crippen LogP contribution in [0, 0.1) is 17.8 Å². The van der Waals surface area contributed by atoms with Crippen LogP contribution in [0.2, 0.25) is 0 Å². The lowest BCUT2D eigenvalue weighted by atomic mass is 9.99. The van der Waals surface area contributed by atoms with Gasteiger partial charge in [-0.3, -0.25) is 4.79 Å². The van der Waals surface area contributed by atoms with Crippen molar-refractivity contribution >= 4 is 5.91 Å². The van der Waals surface area contributed by atoms with Crippen molar-refractivity contribution in [3.8, 4) is 17.7 Å². The molecule has 1 amide bonds. The highest BCUT2D eigenvalue weighted by molar-refractivity contribution is 5.97. The summed E-state index contributed by atoms with van der Waals surface area (Å²) in [7, 11) is 3.96. The second-order valence-corrected chi connectivity index (χ2v) is 8.95. The fraction of sp³-hybridized carbons (Fsp3) is 0.652. The van der Waals surface area contributed by atoms with Crippen molar-refractivity contribution in [2.45, 2.75) is 57.3 Å². The third-order valence-corrected chi connectivity index (χ3v) is 5.94. The highest BCUT2D eigenvalue weighted by Gasteiger charge is 2.34. The number of nitrogens with zero attached hydrogens (tertiary/aromatic N) is 3. The van der Waals surface area contributed by atoms with E-state index in [4.69, 9.17) is 4.74 Å². The van der Waals surface area contributed by atoms with Gasteiger partial charge in [0.15, 0.2) is 0 Å². The van der Waals surface area contributed by atoms with Gasteiger partial charge in [-0.1, -0.05) is 18.8 Å². The van der Waals surface area contributed by atoms with E-state index in [9.17, 15) is 15.0 Å². The van der Waals surface area contributed by atoms with Gasteiger partial charge in [0.2, 0.25) is 5.88 Å². The van der Waals surface area contributed by atoms with Gasteiger partial charge in [-0.05, 0) is 52.8 Å². The summed E-state index contributed by atoms with van der Waals surface area (Å²) in [5, 5.41) is 20.2. The Morgan fingerprint density at radius 1 is 1.40 bits per heavy atom. The Hall–Kier alpha value is -2.14. The first-order chi connectivity index (χ1) is 14.2. The van der Waals surface area contributed by atoms with E-state index in [1.807, 2.05) is 32.8 Å². The summed E-state index contributed by atoms with van der Waals surface area (Å²) in [5.41, 5.74) is -0.0364. The quantitative estimate of drug-likeness (QED) is 0.726. The summed E-state index contributed by atoms with van der Waals surface area (Å²) in [6.45, 7) is 4.93. The number of aliphatic hydroxyl groups is 2. The molecule has 2 heterocycles. The minimum Gasteiger partial charge on any atom is -0.472 e. The first-order valence-electron chi connectivity index (χ1n) is 10.7. The Kier molecular flexibility index (Phi) is 7.02. The molecule has 1 aromatic heterocycles. The summed E-state index contributed by atoms with van der Waals surface area (Å²) >= 11 is 0. The van der Waals surface area contributed by atoms with Gasteiger partial charge in [0, 0.05) is 30.8 Å². The number of likely N-dealkylation sites (N-methyl/N-ethyl adjacent to an activating group) is 1. The summed E-state index contributed by atoms with van der Waals surface area (Å²) in [4.78, 5) is 21.5. The molecule has 3 rings (SSSR count). The van der Waals surface area contributed by atoms with Crippen LogP contribution in [-0.2, 0) is 0 Å². The number of aromatic nitrogens is 1. The van der Waals surface area contributed by atoms with Crippen LogP contribution < -0.4 is 4.74 Å². The van der Waals surface area contributed by atoms with E-state index in [0.717, 1.165) is 12.8 Å². The van der Waals surface area contributed by atoms with Crippen molar-refractivity contribution in [3.63, 3.8) is 0 Å². The molecule has 7 heteroatoms. The third kappa shape index (κ3) is 5.12. The zero-order valence-electron chi connectivity index (χ0n) is 18.4. The molecule has 7 nitrogen and oxygen atoms in total. The molecule has 1 saturated carbocycles. The summed E-state index contributed by atoms with van der Waals surface area (Å²) in [5.74, 6) is 6.09. The third-order valence-electron chi connectivity index (χ3n) is 5.94. The van der Waals surface area contributed by atoms with Crippen molar-refractivity contribution in [1.82, 2.24) is 14.8 Å². The summed E-state index contributed by atoms with van der Waals surface area (Å²) < 4.78 is 6.18. The number of carbonyl (C=O) groups excluding carboxylic acids is 1. The lowest BCUT2D eigenvalue weighted by molar-refractivity contribution is 0.0348. The fourth-order valence-corrected chi connectivity index (χ4v) is 4.02. The van der Waals surface area contributed by atoms with Crippen molar-refractivity contribution in [1.29, 1.82) is 0 Å². The smallest absolute Gasteiger partial charge is 0.259 e. The van der Waals surface area contributed by atoms with Crippen molar-refractivity contribution in [2.75, 3.05) is 33.8 Å². The fourth-order valence-electron chi connectivity index (χ4n) is 4.02. The van der Waals surface area contributed by atoms with Crippen LogP contribution in [-0.4, -0.2) is 82.4 Å². The number of ether oxygens (including phenoxy) is 1. The molecule has 2 aliphatic rings. The predicted molar refractivity (Wildman–Crippen MR) is 114 cm³/mol. The SMILES string of the molecule is C[C@H](CO)N1C[C@H](C)[C@@H](CN(C)C)Oc2ncc(C#CC3(O)CCCC3)cc2C1=O. The number of pyridine rings is 1. The van der Waals surface area contributed by atoms with Crippen LogP contribution >= 0.6 is 0 Å². The van der Waals surface area contributed by atoms with E-state index in [0.29, 0.717) is 42.9 Å². The van der Waals surface area contributed by atoms with Crippen molar-refractivity contribution in [3.05, 3.63) is 23.4 Å². The Bertz CT molecular complexity index is 823. The molecular weight excluding hydrogens is 382 g/mol. The van der Waals surface area contributed by atoms with Crippen molar-refractivity contribution in [2.24, 2.45) is 5.92 Å². The number of amides is 1.